The third kappa shape index (κ3) is 3.12. The van der Waals surface area contributed by atoms with E-state index in [0.29, 0.717) is 0 Å². The summed E-state index contributed by atoms with van der Waals surface area (Å²) in [5.41, 5.74) is 2.96. The second kappa shape index (κ2) is 5.35. The number of phenols is 1. The van der Waals surface area contributed by atoms with Crippen molar-refractivity contribution in [2.75, 3.05) is 0 Å². The summed E-state index contributed by atoms with van der Waals surface area (Å²) in [7, 11) is 0. The van der Waals surface area contributed by atoms with Crippen molar-refractivity contribution in [3.8, 4) is 5.75 Å². The number of hydrogen-bond donors (Lipinski definition) is 2. The van der Waals surface area contributed by atoms with Crippen molar-refractivity contribution >= 4 is 11.5 Å². The van der Waals surface area contributed by atoms with Crippen LogP contribution in [0.3, 0.4) is 0 Å². The maximum Gasteiger partial charge on any atom is 0.307 e. The molecule has 0 amide bonds. The largest absolute Gasteiger partial charge is 0.508 e. The lowest BCUT2D eigenvalue weighted by atomic mass is 9.97. The highest BCUT2D eigenvalue weighted by atomic mass is 16.4. The summed E-state index contributed by atoms with van der Waals surface area (Å²) in [6.45, 7) is 3.89. The van der Waals surface area contributed by atoms with Crippen LogP contribution >= 0.6 is 0 Å². The van der Waals surface area contributed by atoms with E-state index < -0.39 is 5.97 Å². The zero-order chi connectivity index (χ0) is 12.1. The van der Waals surface area contributed by atoms with Gasteiger partial charge in [0.15, 0.2) is 0 Å². The van der Waals surface area contributed by atoms with E-state index in [9.17, 15) is 9.90 Å². The fraction of sp³-hybridized carbons (Fsp3) is 0.308. The fourth-order valence-electron chi connectivity index (χ4n) is 1.66. The molecule has 0 saturated carbocycles. The first-order chi connectivity index (χ1) is 7.54. The summed E-state index contributed by atoms with van der Waals surface area (Å²) < 4.78 is 0. The fourth-order valence-corrected chi connectivity index (χ4v) is 1.66. The molecule has 16 heavy (non-hydrogen) atoms. The molecule has 0 spiro atoms. The topological polar surface area (TPSA) is 57.5 Å². The molecule has 0 fully saturated rings. The van der Waals surface area contributed by atoms with Gasteiger partial charge in [0, 0.05) is 0 Å². The Balaban J connectivity index is 3.04. The quantitative estimate of drug-likeness (QED) is 0.820. The highest BCUT2D eigenvalue weighted by Crippen LogP contribution is 2.25. The Morgan fingerprint density at radius 3 is 2.62 bits per heavy atom. The Labute approximate surface area is 95.0 Å². The highest BCUT2D eigenvalue weighted by Gasteiger charge is 2.05. The Kier molecular flexibility index (Phi) is 4.11. The number of carboxylic acids is 1. The van der Waals surface area contributed by atoms with Crippen LogP contribution in [0.25, 0.3) is 5.57 Å². The zero-order valence-electron chi connectivity index (χ0n) is 9.53. The summed E-state index contributed by atoms with van der Waals surface area (Å²) in [6.07, 6.45) is 2.53. The smallest absolute Gasteiger partial charge is 0.307 e. The van der Waals surface area contributed by atoms with E-state index in [2.05, 4.69) is 0 Å². The van der Waals surface area contributed by atoms with Crippen LogP contribution < -0.4 is 0 Å². The van der Waals surface area contributed by atoms with Gasteiger partial charge in [0.05, 0.1) is 6.42 Å². The van der Waals surface area contributed by atoms with E-state index >= 15 is 0 Å². The van der Waals surface area contributed by atoms with Crippen molar-refractivity contribution in [3.05, 3.63) is 35.4 Å². The molecule has 0 aromatic heterocycles. The van der Waals surface area contributed by atoms with Crippen molar-refractivity contribution in [2.45, 2.75) is 26.7 Å². The first-order valence-corrected chi connectivity index (χ1v) is 5.25. The van der Waals surface area contributed by atoms with Crippen LogP contribution in [0.15, 0.2) is 24.3 Å². The van der Waals surface area contributed by atoms with Crippen molar-refractivity contribution in [2.24, 2.45) is 0 Å². The first-order valence-electron chi connectivity index (χ1n) is 5.25. The highest BCUT2D eigenvalue weighted by molar-refractivity contribution is 5.75. The van der Waals surface area contributed by atoms with Gasteiger partial charge in [-0.2, -0.15) is 0 Å². The van der Waals surface area contributed by atoms with E-state index in [1.165, 1.54) is 0 Å². The molecule has 0 aliphatic carbocycles. The van der Waals surface area contributed by atoms with E-state index in [1.54, 1.807) is 18.2 Å². The van der Waals surface area contributed by atoms with Gasteiger partial charge in [-0.1, -0.05) is 19.1 Å². The average Bonchev–Trinajstić information content (AvgIpc) is 2.21. The van der Waals surface area contributed by atoms with Crippen LogP contribution in [0.2, 0.25) is 0 Å². The third-order valence-corrected chi connectivity index (χ3v) is 2.46. The zero-order valence-corrected chi connectivity index (χ0v) is 9.53. The van der Waals surface area contributed by atoms with Crippen LogP contribution in [0, 0.1) is 6.92 Å². The van der Waals surface area contributed by atoms with Gasteiger partial charge >= 0.3 is 5.97 Å². The lowest BCUT2D eigenvalue weighted by molar-refractivity contribution is -0.135. The summed E-state index contributed by atoms with van der Waals surface area (Å²) in [5, 5.41) is 17.9. The number of phenolic OH excluding ortho intramolecular Hbond substituents is 1. The molecule has 0 aliphatic heterocycles. The second-order valence-corrected chi connectivity index (χ2v) is 3.68. The molecular formula is C13H16O3. The minimum atomic E-state index is -0.831. The van der Waals surface area contributed by atoms with Gasteiger partial charge < -0.3 is 10.2 Å². The molecular weight excluding hydrogens is 204 g/mol. The maximum atomic E-state index is 10.5. The van der Waals surface area contributed by atoms with Crippen LogP contribution in [-0.2, 0) is 4.79 Å². The Morgan fingerprint density at radius 2 is 2.12 bits per heavy atom. The van der Waals surface area contributed by atoms with Crippen LogP contribution in [-0.4, -0.2) is 16.2 Å². The number of rotatable bonds is 4. The molecule has 2 N–H and O–H groups in total. The van der Waals surface area contributed by atoms with Gasteiger partial charge in [0.2, 0.25) is 0 Å². The van der Waals surface area contributed by atoms with Crippen LogP contribution in [0.5, 0.6) is 5.75 Å². The summed E-state index contributed by atoms with van der Waals surface area (Å²) in [5.74, 6) is -0.600. The third-order valence-electron chi connectivity index (χ3n) is 2.46. The maximum absolute atomic E-state index is 10.5. The van der Waals surface area contributed by atoms with E-state index in [0.717, 1.165) is 23.1 Å². The molecule has 0 atom stereocenters. The lowest BCUT2D eigenvalue weighted by Crippen LogP contribution is -1.93. The molecule has 0 aliphatic rings. The lowest BCUT2D eigenvalue weighted by Gasteiger charge is -2.09. The number of carbonyl (C=O) groups is 1. The number of aliphatic carboxylic acids is 1. The Hall–Kier alpha value is -1.77. The predicted octanol–water partition coefficient (Wildman–Crippen LogP) is 2.97. The molecule has 3 nitrogen and oxygen atoms in total. The van der Waals surface area contributed by atoms with Crippen LogP contribution in [0.1, 0.15) is 30.9 Å². The molecule has 1 rings (SSSR count). The number of allylic oxidation sites excluding steroid dienone is 1. The standard InChI is InChI=1S/C13H16O3/c1-3-10(4-7-13(15)16)12-6-5-11(14)8-9(12)2/h4-6,8,14H,3,7H2,1-2H3,(H,15,16)/b10-4+. The molecule has 1 aromatic rings. The molecule has 3 heteroatoms. The molecule has 0 bridgehead atoms. The normalized spacial score (nSPS) is 11.5. The summed E-state index contributed by atoms with van der Waals surface area (Å²) in [4.78, 5) is 10.5. The first kappa shape index (κ1) is 12.3. The number of benzene rings is 1. The Morgan fingerprint density at radius 1 is 1.44 bits per heavy atom. The van der Waals surface area contributed by atoms with Gasteiger partial charge in [-0.3, -0.25) is 4.79 Å². The average molecular weight is 220 g/mol. The number of aryl methyl sites for hydroxylation is 1. The van der Waals surface area contributed by atoms with Gasteiger partial charge in [0.1, 0.15) is 5.75 Å². The van der Waals surface area contributed by atoms with Crippen molar-refractivity contribution < 1.29 is 15.0 Å². The summed E-state index contributed by atoms with van der Waals surface area (Å²) in [6, 6.07) is 5.12. The number of hydrogen-bond acceptors (Lipinski definition) is 2. The number of carboxylic acid groups (broad SMARTS) is 1. The summed E-state index contributed by atoms with van der Waals surface area (Å²) >= 11 is 0. The van der Waals surface area contributed by atoms with Gasteiger partial charge in [-0.05, 0) is 42.2 Å². The molecule has 0 heterocycles. The van der Waals surface area contributed by atoms with Gasteiger partial charge in [-0.25, -0.2) is 0 Å². The second-order valence-electron chi connectivity index (χ2n) is 3.68. The van der Waals surface area contributed by atoms with Crippen molar-refractivity contribution in [1.82, 2.24) is 0 Å². The molecule has 1 aromatic carbocycles. The molecule has 0 unspecified atom stereocenters. The van der Waals surface area contributed by atoms with Gasteiger partial charge in [-0.15, -0.1) is 0 Å². The monoisotopic (exact) mass is 220 g/mol. The van der Waals surface area contributed by atoms with E-state index in [4.69, 9.17) is 5.11 Å². The molecule has 0 saturated heterocycles. The molecule has 0 radical (unpaired) electrons. The van der Waals surface area contributed by atoms with Crippen molar-refractivity contribution in [1.29, 1.82) is 0 Å². The minimum Gasteiger partial charge on any atom is -0.508 e. The van der Waals surface area contributed by atoms with E-state index in [-0.39, 0.29) is 12.2 Å². The minimum absolute atomic E-state index is 0.0312. The van der Waals surface area contributed by atoms with Crippen molar-refractivity contribution in [3.63, 3.8) is 0 Å². The van der Waals surface area contributed by atoms with Gasteiger partial charge in [0.25, 0.3) is 0 Å². The predicted molar refractivity (Wildman–Crippen MR) is 63.4 cm³/mol. The van der Waals surface area contributed by atoms with Crippen LogP contribution in [0.4, 0.5) is 0 Å². The number of aromatic hydroxyl groups is 1. The molecule has 86 valence electrons. The Bertz CT molecular complexity index is 419. The van der Waals surface area contributed by atoms with E-state index in [1.807, 2.05) is 19.9 Å². The SMILES string of the molecule is CC/C(=C\CC(=O)O)c1ccc(O)cc1C.